The van der Waals surface area contributed by atoms with Crippen LogP contribution in [-0.4, -0.2) is 118 Å². The lowest BCUT2D eigenvalue weighted by atomic mass is 9.98. The van der Waals surface area contributed by atoms with Crippen molar-refractivity contribution in [1.29, 1.82) is 0 Å². The zero-order valence-electron chi connectivity index (χ0n) is 33.1. The number of ether oxygens (including phenoxy) is 6. The van der Waals surface area contributed by atoms with Crippen LogP contribution in [0.2, 0.25) is 0 Å². The maximum atomic E-state index is 13.7. The van der Waals surface area contributed by atoms with Gasteiger partial charge >= 0.3 is 35.8 Å². The molecule has 16 heteroatoms. The Balaban J connectivity index is 6.28. The standard InChI is InChI=1S/C37H64O16/c1-12-19(6)28(33(43)48-18-26(41)27(42)25(40)17-38)50-35(45)30(21(8)14-3)52-37(47)32(23(10)16-5)53-36(46)31(22(9)15-4)51-34(44)29(20(7)13-2)49-24(11)39/h19-23,25-32,38,40-42H,12-18H2,1-11H3. The third-order valence-electron chi connectivity index (χ3n) is 9.60. The molecule has 0 aliphatic carbocycles. The van der Waals surface area contributed by atoms with Crippen LogP contribution < -0.4 is 0 Å². The Kier molecular flexibility index (Phi) is 23.3. The number of esters is 6. The summed E-state index contributed by atoms with van der Waals surface area (Å²) in [5, 5.41) is 38.5. The molecule has 0 bridgehead atoms. The third-order valence-corrected chi connectivity index (χ3v) is 9.60. The van der Waals surface area contributed by atoms with Gasteiger partial charge in [-0.25, -0.2) is 24.0 Å². The molecule has 4 N–H and O–H groups in total. The smallest absolute Gasteiger partial charge is 0.348 e. The molecule has 0 saturated heterocycles. The summed E-state index contributed by atoms with van der Waals surface area (Å²) in [5.74, 6) is -8.81. The summed E-state index contributed by atoms with van der Waals surface area (Å²) in [6.45, 7) is 16.4. The van der Waals surface area contributed by atoms with Gasteiger partial charge in [-0.05, 0) is 32.1 Å². The highest BCUT2D eigenvalue weighted by atomic mass is 16.7. The first-order valence-electron chi connectivity index (χ1n) is 18.6. The maximum Gasteiger partial charge on any atom is 0.348 e. The summed E-state index contributed by atoms with van der Waals surface area (Å²) in [6.07, 6.45) is -10.8. The van der Waals surface area contributed by atoms with E-state index >= 15 is 0 Å². The molecule has 0 fully saturated rings. The van der Waals surface area contributed by atoms with Crippen LogP contribution in [-0.2, 0) is 57.2 Å². The molecule has 13 unspecified atom stereocenters. The Morgan fingerprint density at radius 2 is 0.717 bits per heavy atom. The minimum atomic E-state index is -1.82. The van der Waals surface area contributed by atoms with Gasteiger partial charge in [0.25, 0.3) is 0 Å². The Hall–Kier alpha value is -3.34. The Morgan fingerprint density at radius 1 is 0.453 bits per heavy atom. The van der Waals surface area contributed by atoms with Gasteiger partial charge in [0.15, 0.2) is 0 Å². The first-order chi connectivity index (χ1) is 24.8. The van der Waals surface area contributed by atoms with Gasteiger partial charge in [-0.15, -0.1) is 0 Å². The average Bonchev–Trinajstić information content (AvgIpc) is 3.14. The van der Waals surface area contributed by atoms with Gasteiger partial charge < -0.3 is 48.8 Å². The number of aliphatic hydroxyl groups excluding tert-OH is 4. The highest BCUT2D eigenvalue weighted by molar-refractivity contribution is 5.87. The van der Waals surface area contributed by atoms with Crippen LogP contribution in [0.5, 0.6) is 0 Å². The number of carbonyl (C=O) groups excluding carboxylic acids is 6. The molecule has 0 aromatic heterocycles. The zero-order valence-corrected chi connectivity index (χ0v) is 33.1. The summed E-state index contributed by atoms with van der Waals surface area (Å²) in [7, 11) is 0. The van der Waals surface area contributed by atoms with Gasteiger partial charge in [0.2, 0.25) is 30.5 Å². The van der Waals surface area contributed by atoms with Crippen molar-refractivity contribution >= 4 is 35.8 Å². The van der Waals surface area contributed by atoms with E-state index in [0.29, 0.717) is 32.1 Å². The van der Waals surface area contributed by atoms with Crippen LogP contribution in [0.3, 0.4) is 0 Å². The van der Waals surface area contributed by atoms with Crippen LogP contribution in [0.4, 0.5) is 0 Å². The van der Waals surface area contributed by atoms with Gasteiger partial charge in [0.05, 0.1) is 6.61 Å². The van der Waals surface area contributed by atoms with Crippen molar-refractivity contribution in [1.82, 2.24) is 0 Å². The van der Waals surface area contributed by atoms with Gasteiger partial charge in [0.1, 0.15) is 24.9 Å². The van der Waals surface area contributed by atoms with E-state index in [9.17, 15) is 44.1 Å². The summed E-state index contributed by atoms with van der Waals surface area (Å²) in [6, 6.07) is 0. The summed E-state index contributed by atoms with van der Waals surface area (Å²) >= 11 is 0. The molecule has 0 amide bonds. The fourth-order valence-electron chi connectivity index (χ4n) is 4.71. The third kappa shape index (κ3) is 15.9. The molecule has 0 saturated carbocycles. The number of hydrogen-bond acceptors (Lipinski definition) is 16. The minimum absolute atomic E-state index is 0.322. The molecule has 0 radical (unpaired) electrons. The molecule has 0 rings (SSSR count). The maximum absolute atomic E-state index is 13.7. The average molecular weight is 765 g/mol. The second-order valence-electron chi connectivity index (χ2n) is 13.8. The monoisotopic (exact) mass is 764 g/mol. The second-order valence-corrected chi connectivity index (χ2v) is 13.8. The highest BCUT2D eigenvalue weighted by Crippen LogP contribution is 2.25. The molecule has 16 nitrogen and oxygen atoms in total. The summed E-state index contributed by atoms with van der Waals surface area (Å²) < 4.78 is 32.7. The molecule has 53 heavy (non-hydrogen) atoms. The fraction of sp³-hybridized carbons (Fsp3) is 0.838. The Labute approximate surface area is 313 Å². The van der Waals surface area contributed by atoms with E-state index in [4.69, 9.17) is 33.5 Å². The largest absolute Gasteiger partial charge is 0.460 e. The molecule has 0 spiro atoms. The van der Waals surface area contributed by atoms with E-state index in [1.54, 1.807) is 69.2 Å². The number of rotatable bonds is 25. The van der Waals surface area contributed by atoms with Crippen molar-refractivity contribution in [2.24, 2.45) is 29.6 Å². The van der Waals surface area contributed by atoms with Crippen molar-refractivity contribution < 1.29 is 77.6 Å². The molecule has 0 aromatic rings. The summed E-state index contributed by atoms with van der Waals surface area (Å²) in [5.41, 5.74) is 0. The van der Waals surface area contributed by atoms with Crippen LogP contribution in [0.15, 0.2) is 0 Å². The van der Waals surface area contributed by atoms with Gasteiger partial charge in [0, 0.05) is 36.5 Å². The molecule has 0 aromatic carbocycles. The van der Waals surface area contributed by atoms with Crippen molar-refractivity contribution in [3.05, 3.63) is 0 Å². The molecule has 0 aliphatic heterocycles. The first-order valence-corrected chi connectivity index (χ1v) is 18.6. The Bertz CT molecular complexity index is 1160. The van der Waals surface area contributed by atoms with Crippen molar-refractivity contribution in [2.45, 2.75) is 157 Å². The second kappa shape index (κ2) is 24.9. The highest BCUT2D eigenvalue weighted by Gasteiger charge is 2.42. The van der Waals surface area contributed by atoms with Crippen LogP contribution in [0.1, 0.15) is 108 Å². The van der Waals surface area contributed by atoms with Crippen LogP contribution in [0, 0.1) is 29.6 Å². The lowest BCUT2D eigenvalue weighted by Crippen LogP contribution is -2.47. The van der Waals surface area contributed by atoms with Gasteiger partial charge in [-0.2, -0.15) is 0 Å². The predicted octanol–water partition coefficient (Wildman–Crippen LogP) is 2.41. The van der Waals surface area contributed by atoms with Crippen molar-refractivity contribution in [3.63, 3.8) is 0 Å². The molecular formula is C37H64O16. The predicted molar refractivity (Wildman–Crippen MR) is 188 cm³/mol. The van der Waals surface area contributed by atoms with E-state index in [1.165, 1.54) is 0 Å². The molecule has 0 heterocycles. The quantitative estimate of drug-likeness (QED) is 0.0771. The van der Waals surface area contributed by atoms with Crippen LogP contribution in [0.25, 0.3) is 0 Å². The summed E-state index contributed by atoms with van der Waals surface area (Å²) in [4.78, 5) is 78.9. The SMILES string of the molecule is CCC(C)C(OC(C)=O)C(=O)OC(C(=O)OC(C(=O)OC(C(=O)OC(C(=O)OCC(O)C(O)C(O)CO)C(C)CC)C(C)CC)C(C)CC)C(C)CC. The Morgan fingerprint density at radius 3 is 0.962 bits per heavy atom. The lowest BCUT2D eigenvalue weighted by Gasteiger charge is -2.30. The van der Waals surface area contributed by atoms with Gasteiger partial charge in [-0.1, -0.05) is 69.2 Å². The molecular weight excluding hydrogens is 700 g/mol. The van der Waals surface area contributed by atoms with E-state index < -0.39 is 127 Å². The molecule has 0 aliphatic rings. The van der Waals surface area contributed by atoms with Crippen molar-refractivity contribution in [2.75, 3.05) is 13.2 Å². The zero-order chi connectivity index (χ0) is 41.2. The van der Waals surface area contributed by atoms with Crippen molar-refractivity contribution in [3.8, 4) is 0 Å². The number of carbonyl (C=O) groups is 6. The van der Waals surface area contributed by atoms with E-state index in [-0.39, 0.29) is 0 Å². The number of hydrogen-bond donors (Lipinski definition) is 4. The molecule has 13 atom stereocenters. The minimum Gasteiger partial charge on any atom is -0.460 e. The fourth-order valence-corrected chi connectivity index (χ4v) is 4.71. The normalized spacial score (nSPS) is 18.8. The first kappa shape index (κ1) is 49.7. The van der Waals surface area contributed by atoms with E-state index in [0.717, 1.165) is 6.92 Å². The topological polar surface area (TPSA) is 239 Å². The lowest BCUT2D eigenvalue weighted by molar-refractivity contribution is -0.197. The van der Waals surface area contributed by atoms with E-state index in [1.807, 2.05) is 0 Å². The number of aliphatic hydroxyl groups is 4. The van der Waals surface area contributed by atoms with Gasteiger partial charge in [-0.3, -0.25) is 4.79 Å². The van der Waals surface area contributed by atoms with E-state index in [2.05, 4.69) is 0 Å². The van der Waals surface area contributed by atoms with Crippen LogP contribution >= 0.6 is 0 Å². The molecule has 308 valence electrons.